The largest absolute Gasteiger partial charge is 0.371 e. The van der Waals surface area contributed by atoms with Crippen LogP contribution in [0.5, 0.6) is 0 Å². The number of ether oxygens (including phenoxy) is 1. The number of alkyl halides is 1. The number of hydrogen-bond acceptors (Lipinski definition) is 1. The molecule has 0 heterocycles. The second-order valence-corrected chi connectivity index (χ2v) is 2.28. The first kappa shape index (κ1) is 8.40. The molecular formula is C8H10F2O. The Bertz CT molecular complexity index is 187. The zero-order valence-electron chi connectivity index (χ0n) is 6.26. The van der Waals surface area contributed by atoms with E-state index in [-0.39, 0.29) is 0 Å². The Balaban J connectivity index is 2.54. The average Bonchev–Trinajstić information content (AvgIpc) is 1.95. The summed E-state index contributed by atoms with van der Waals surface area (Å²) in [5.74, 6) is -0.534. The van der Waals surface area contributed by atoms with Crippen LogP contribution in [0.3, 0.4) is 0 Å². The lowest BCUT2D eigenvalue weighted by Crippen LogP contribution is -2.23. The van der Waals surface area contributed by atoms with Gasteiger partial charge in [-0.25, -0.2) is 8.78 Å². The number of hydrogen-bond donors (Lipinski definition) is 0. The Labute approximate surface area is 64.4 Å². The van der Waals surface area contributed by atoms with E-state index in [0.717, 1.165) is 6.08 Å². The normalized spacial score (nSPS) is 30.3. The monoisotopic (exact) mass is 160 g/mol. The van der Waals surface area contributed by atoms with E-state index in [0.29, 0.717) is 6.61 Å². The van der Waals surface area contributed by atoms with Crippen molar-refractivity contribution in [3.8, 4) is 0 Å². The highest BCUT2D eigenvalue weighted by atomic mass is 19.1. The summed E-state index contributed by atoms with van der Waals surface area (Å²) in [6.45, 7) is 2.21. The molecule has 0 amide bonds. The molecule has 0 spiro atoms. The van der Waals surface area contributed by atoms with E-state index in [4.69, 9.17) is 4.74 Å². The van der Waals surface area contributed by atoms with E-state index in [1.807, 2.05) is 0 Å². The third kappa shape index (κ3) is 2.12. The summed E-state index contributed by atoms with van der Waals surface area (Å²) in [7, 11) is 0. The molecule has 11 heavy (non-hydrogen) atoms. The van der Waals surface area contributed by atoms with E-state index in [2.05, 4.69) is 0 Å². The third-order valence-electron chi connectivity index (χ3n) is 1.44. The summed E-state index contributed by atoms with van der Waals surface area (Å²) in [5.41, 5.74) is 0. The third-order valence-corrected chi connectivity index (χ3v) is 1.44. The fourth-order valence-electron chi connectivity index (χ4n) is 0.935. The molecule has 0 aromatic heterocycles. The van der Waals surface area contributed by atoms with Crippen LogP contribution in [0.2, 0.25) is 0 Å². The zero-order chi connectivity index (χ0) is 8.27. The van der Waals surface area contributed by atoms with Crippen LogP contribution in [0, 0.1) is 0 Å². The quantitative estimate of drug-likeness (QED) is 0.601. The van der Waals surface area contributed by atoms with Crippen molar-refractivity contribution in [2.24, 2.45) is 0 Å². The van der Waals surface area contributed by atoms with E-state index >= 15 is 0 Å². The summed E-state index contributed by atoms with van der Waals surface area (Å²) >= 11 is 0. The van der Waals surface area contributed by atoms with Crippen molar-refractivity contribution < 1.29 is 13.5 Å². The molecule has 62 valence electrons. The van der Waals surface area contributed by atoms with Gasteiger partial charge in [0.2, 0.25) is 0 Å². The maximum absolute atomic E-state index is 12.8. The van der Waals surface area contributed by atoms with E-state index in [9.17, 15) is 8.78 Å². The molecule has 3 heteroatoms. The van der Waals surface area contributed by atoms with Crippen LogP contribution >= 0.6 is 0 Å². The molecule has 1 rings (SSSR count). The van der Waals surface area contributed by atoms with Gasteiger partial charge >= 0.3 is 0 Å². The summed E-state index contributed by atoms with van der Waals surface area (Å²) in [4.78, 5) is 0. The van der Waals surface area contributed by atoms with Crippen LogP contribution in [0.15, 0.2) is 24.1 Å². The van der Waals surface area contributed by atoms with E-state index < -0.39 is 18.1 Å². The fraction of sp³-hybridized carbons (Fsp3) is 0.500. The van der Waals surface area contributed by atoms with Gasteiger partial charge in [-0.3, -0.25) is 0 Å². The average molecular weight is 160 g/mol. The van der Waals surface area contributed by atoms with Crippen LogP contribution in [0.1, 0.15) is 6.92 Å². The van der Waals surface area contributed by atoms with Crippen LogP contribution in [-0.4, -0.2) is 18.9 Å². The molecule has 0 fully saturated rings. The Kier molecular flexibility index (Phi) is 2.76. The first-order valence-electron chi connectivity index (χ1n) is 3.55. The van der Waals surface area contributed by atoms with Gasteiger partial charge in [-0.05, 0) is 25.2 Å². The maximum Gasteiger partial charge on any atom is 0.151 e. The number of allylic oxidation sites excluding steroid dienone is 2. The smallest absolute Gasteiger partial charge is 0.151 e. The highest BCUT2D eigenvalue weighted by molar-refractivity contribution is 5.21. The molecular weight excluding hydrogens is 150 g/mol. The molecule has 2 unspecified atom stereocenters. The van der Waals surface area contributed by atoms with Gasteiger partial charge in [-0.1, -0.05) is 0 Å². The number of rotatable bonds is 2. The molecule has 0 aromatic carbocycles. The molecule has 2 atom stereocenters. The topological polar surface area (TPSA) is 9.23 Å². The van der Waals surface area contributed by atoms with Gasteiger partial charge < -0.3 is 4.74 Å². The van der Waals surface area contributed by atoms with Crippen molar-refractivity contribution in [1.82, 2.24) is 0 Å². The van der Waals surface area contributed by atoms with Gasteiger partial charge in [0.1, 0.15) is 11.9 Å². The van der Waals surface area contributed by atoms with E-state index in [1.165, 1.54) is 12.2 Å². The van der Waals surface area contributed by atoms with Crippen molar-refractivity contribution in [2.45, 2.75) is 19.2 Å². The lowest BCUT2D eigenvalue weighted by atomic mass is 10.1. The lowest BCUT2D eigenvalue weighted by molar-refractivity contribution is 0.0508. The van der Waals surface area contributed by atoms with Gasteiger partial charge in [0.15, 0.2) is 6.17 Å². The first-order valence-corrected chi connectivity index (χ1v) is 3.55. The van der Waals surface area contributed by atoms with Crippen molar-refractivity contribution in [1.29, 1.82) is 0 Å². The molecule has 0 saturated heterocycles. The number of halogens is 2. The van der Waals surface area contributed by atoms with Crippen molar-refractivity contribution in [2.75, 3.05) is 6.61 Å². The predicted molar refractivity (Wildman–Crippen MR) is 38.6 cm³/mol. The van der Waals surface area contributed by atoms with Gasteiger partial charge in [-0.15, -0.1) is 0 Å². The van der Waals surface area contributed by atoms with Crippen LogP contribution in [0.4, 0.5) is 8.78 Å². The summed E-state index contributed by atoms with van der Waals surface area (Å²) in [5, 5.41) is 0. The predicted octanol–water partition coefficient (Wildman–Crippen LogP) is 2.15. The van der Waals surface area contributed by atoms with E-state index in [1.54, 1.807) is 6.92 Å². The second-order valence-electron chi connectivity index (χ2n) is 2.28. The molecule has 1 aliphatic rings. The van der Waals surface area contributed by atoms with Gasteiger partial charge in [0, 0.05) is 6.61 Å². The van der Waals surface area contributed by atoms with Crippen LogP contribution in [0.25, 0.3) is 0 Å². The summed E-state index contributed by atoms with van der Waals surface area (Å²) in [6.07, 6.45) is 1.57. The van der Waals surface area contributed by atoms with Crippen molar-refractivity contribution >= 4 is 0 Å². The second kappa shape index (κ2) is 3.62. The molecule has 0 N–H and O–H groups in total. The minimum absolute atomic E-state index is 0.435. The lowest BCUT2D eigenvalue weighted by Gasteiger charge is -2.17. The molecule has 0 saturated carbocycles. The first-order chi connectivity index (χ1) is 5.24. The van der Waals surface area contributed by atoms with Gasteiger partial charge in [0.05, 0.1) is 0 Å². The van der Waals surface area contributed by atoms with Crippen molar-refractivity contribution in [3.63, 3.8) is 0 Å². The highest BCUT2D eigenvalue weighted by Crippen LogP contribution is 2.17. The van der Waals surface area contributed by atoms with Gasteiger partial charge in [-0.2, -0.15) is 0 Å². The molecule has 0 bridgehead atoms. The van der Waals surface area contributed by atoms with Crippen molar-refractivity contribution in [3.05, 3.63) is 24.1 Å². The Morgan fingerprint density at radius 2 is 2.36 bits per heavy atom. The SMILES string of the molecule is CCOC1C=CC(F)=CC1F. The molecule has 0 aromatic rings. The Hall–Kier alpha value is -0.700. The van der Waals surface area contributed by atoms with Gasteiger partial charge in [0.25, 0.3) is 0 Å². The minimum atomic E-state index is -1.35. The molecule has 1 nitrogen and oxygen atoms in total. The van der Waals surface area contributed by atoms with Crippen LogP contribution in [-0.2, 0) is 4.74 Å². The van der Waals surface area contributed by atoms with Crippen LogP contribution < -0.4 is 0 Å². The molecule has 1 aliphatic carbocycles. The fourth-order valence-corrected chi connectivity index (χ4v) is 0.935. The molecule has 0 aliphatic heterocycles. The Morgan fingerprint density at radius 3 is 2.91 bits per heavy atom. The minimum Gasteiger partial charge on any atom is -0.371 e. The standard InChI is InChI=1S/C8H10F2O/c1-2-11-8-4-3-6(9)5-7(8)10/h3-5,7-8H,2H2,1H3. The highest BCUT2D eigenvalue weighted by Gasteiger charge is 2.20. The molecule has 0 radical (unpaired) electrons. The Morgan fingerprint density at radius 1 is 1.64 bits per heavy atom. The maximum atomic E-state index is 12.8. The summed E-state index contributed by atoms with van der Waals surface area (Å²) in [6, 6.07) is 0. The zero-order valence-corrected chi connectivity index (χ0v) is 6.26. The summed E-state index contributed by atoms with van der Waals surface area (Å²) < 4.78 is 30.1.